The van der Waals surface area contributed by atoms with E-state index in [0.717, 1.165) is 37.9 Å². The third-order valence-corrected chi connectivity index (χ3v) is 8.27. The highest BCUT2D eigenvalue weighted by Crippen LogP contribution is 2.64. The lowest BCUT2D eigenvalue weighted by Crippen LogP contribution is -2.26. The largest absolute Gasteiger partial charge is 0.550 e. The minimum Gasteiger partial charge on any atom is -0.550 e. The second-order valence-corrected chi connectivity index (χ2v) is 10.4. The molecule has 0 bridgehead atoms. The number of ether oxygens (including phenoxy) is 1. The molecule has 5 rings (SSSR count). The minimum atomic E-state index is -0.925. The van der Waals surface area contributed by atoms with Crippen molar-refractivity contribution in [3.05, 3.63) is 87.5 Å². The van der Waals surface area contributed by atoms with Crippen LogP contribution >= 0.6 is 0 Å². The van der Waals surface area contributed by atoms with Crippen LogP contribution in [0.3, 0.4) is 0 Å². The summed E-state index contributed by atoms with van der Waals surface area (Å²) in [6.45, 7) is 6.54. The number of rotatable bonds is 7. The molecule has 3 aromatic rings. The summed E-state index contributed by atoms with van der Waals surface area (Å²) in [6, 6.07) is 17.6. The van der Waals surface area contributed by atoms with Crippen LogP contribution in [0.15, 0.2) is 48.5 Å². The van der Waals surface area contributed by atoms with Crippen LogP contribution in [0.2, 0.25) is 0 Å². The van der Waals surface area contributed by atoms with E-state index in [1.807, 2.05) is 0 Å². The minimum absolute atomic E-state index is 0.136. The molecule has 1 spiro atoms. The number of benzene rings is 3. The normalized spacial score (nSPS) is 17.6. The van der Waals surface area contributed by atoms with Gasteiger partial charge in [0.25, 0.3) is 0 Å². The van der Waals surface area contributed by atoms with Crippen LogP contribution in [-0.4, -0.2) is 13.1 Å². The maximum atomic E-state index is 11.3. The van der Waals surface area contributed by atoms with Crippen molar-refractivity contribution in [3.63, 3.8) is 0 Å². The number of carbonyl (C=O) groups is 1. The molecule has 1 atom stereocenters. The number of aryl methyl sites for hydroxylation is 4. The van der Waals surface area contributed by atoms with Gasteiger partial charge in [0.05, 0.1) is 7.11 Å². The van der Waals surface area contributed by atoms with Gasteiger partial charge in [0.1, 0.15) is 5.75 Å². The first-order valence-electron chi connectivity index (χ1n) is 12.4. The first-order chi connectivity index (χ1) is 16.3. The monoisotopic (exact) mass is 453 g/mol. The van der Waals surface area contributed by atoms with E-state index >= 15 is 0 Å². The number of fused-ring (bicyclic) bond motifs is 1. The standard InChI is InChI=1S/C31H34O3/c1-19-14-25(34-4)15-20(2)30(19)26-7-5-6-23(21(26)3)10-8-22-9-11-27-24(16-22)18-31(12-13-31)28(27)17-29(32)33/h5-7,9,11,14-16,28H,8,10,12-13,17-18H2,1-4H3,(H,32,33)/p-1. The molecule has 2 aliphatic carbocycles. The number of hydrogen-bond acceptors (Lipinski definition) is 3. The van der Waals surface area contributed by atoms with Crippen molar-refractivity contribution in [3.8, 4) is 16.9 Å². The van der Waals surface area contributed by atoms with E-state index in [0.29, 0.717) is 0 Å². The highest BCUT2D eigenvalue weighted by molar-refractivity contribution is 5.75. The Bertz CT molecular complexity index is 1240. The van der Waals surface area contributed by atoms with Crippen molar-refractivity contribution in [2.75, 3.05) is 7.11 Å². The topological polar surface area (TPSA) is 49.4 Å². The summed E-state index contributed by atoms with van der Waals surface area (Å²) < 4.78 is 5.45. The Hall–Kier alpha value is -3.07. The molecule has 2 aliphatic rings. The summed E-state index contributed by atoms with van der Waals surface area (Å²) in [7, 11) is 1.71. The van der Waals surface area contributed by atoms with E-state index in [-0.39, 0.29) is 17.8 Å². The Morgan fingerprint density at radius 1 is 1.03 bits per heavy atom. The van der Waals surface area contributed by atoms with Crippen molar-refractivity contribution in [2.45, 2.75) is 65.2 Å². The van der Waals surface area contributed by atoms with Gasteiger partial charge in [-0.2, -0.15) is 0 Å². The Balaban J connectivity index is 1.37. The number of carboxylic acid groups (broad SMARTS) is 1. The molecule has 0 amide bonds. The predicted octanol–water partition coefficient (Wildman–Crippen LogP) is 5.63. The average molecular weight is 454 g/mol. The van der Waals surface area contributed by atoms with E-state index in [2.05, 4.69) is 69.3 Å². The molecule has 34 heavy (non-hydrogen) atoms. The van der Waals surface area contributed by atoms with Crippen LogP contribution < -0.4 is 9.84 Å². The number of carboxylic acids is 1. The summed E-state index contributed by atoms with van der Waals surface area (Å²) in [5.74, 6) is 0.112. The molecule has 0 saturated heterocycles. The summed E-state index contributed by atoms with van der Waals surface area (Å²) >= 11 is 0. The second kappa shape index (κ2) is 8.61. The zero-order valence-corrected chi connectivity index (χ0v) is 20.7. The van der Waals surface area contributed by atoms with Crippen molar-refractivity contribution in [2.24, 2.45) is 5.41 Å². The summed E-state index contributed by atoms with van der Waals surface area (Å²) in [5.41, 5.74) is 11.9. The smallest absolute Gasteiger partial charge is 0.119 e. The van der Waals surface area contributed by atoms with Gasteiger partial charge < -0.3 is 14.6 Å². The number of methoxy groups -OCH3 is 1. The zero-order chi connectivity index (χ0) is 24.0. The lowest BCUT2D eigenvalue weighted by atomic mass is 9.86. The van der Waals surface area contributed by atoms with Crippen LogP contribution in [0.1, 0.15) is 64.1 Å². The first kappa shape index (κ1) is 22.7. The van der Waals surface area contributed by atoms with Gasteiger partial charge in [-0.1, -0.05) is 36.4 Å². The fourth-order valence-electron chi connectivity index (χ4n) is 6.29. The van der Waals surface area contributed by atoms with Crippen LogP contribution in [0, 0.1) is 26.2 Å². The third kappa shape index (κ3) is 4.02. The Labute approximate surface area is 202 Å². The summed E-state index contributed by atoms with van der Waals surface area (Å²) in [4.78, 5) is 11.3. The lowest BCUT2D eigenvalue weighted by molar-refractivity contribution is -0.306. The van der Waals surface area contributed by atoms with Gasteiger partial charge >= 0.3 is 0 Å². The second-order valence-electron chi connectivity index (χ2n) is 10.4. The number of aliphatic carboxylic acids is 1. The molecule has 0 N–H and O–H groups in total. The van der Waals surface area contributed by atoms with Gasteiger partial charge in [0.2, 0.25) is 0 Å². The summed E-state index contributed by atoms with van der Waals surface area (Å²) in [6.07, 6.45) is 5.44. The van der Waals surface area contributed by atoms with Crippen LogP contribution in [0.25, 0.3) is 11.1 Å². The Morgan fingerprint density at radius 3 is 2.41 bits per heavy atom. The number of carbonyl (C=O) groups excluding carboxylic acids is 1. The van der Waals surface area contributed by atoms with Gasteiger partial charge in [-0.3, -0.25) is 0 Å². The Morgan fingerprint density at radius 2 is 1.76 bits per heavy atom. The average Bonchev–Trinajstić information content (AvgIpc) is 3.51. The van der Waals surface area contributed by atoms with E-state index < -0.39 is 5.97 Å². The first-order valence-corrected chi connectivity index (χ1v) is 12.4. The van der Waals surface area contributed by atoms with Gasteiger partial charge in [-0.15, -0.1) is 0 Å². The third-order valence-electron chi connectivity index (χ3n) is 8.27. The molecular formula is C31H33O3-. The molecule has 0 aromatic heterocycles. The zero-order valence-electron chi connectivity index (χ0n) is 20.7. The lowest BCUT2D eigenvalue weighted by Gasteiger charge is -2.20. The van der Waals surface area contributed by atoms with Crippen molar-refractivity contribution < 1.29 is 14.6 Å². The SMILES string of the molecule is COc1cc(C)c(-c2cccc(CCc3ccc4c(c3)CC3(CC3)C4CC(=O)[O-])c2C)c(C)c1. The molecule has 3 heteroatoms. The molecule has 0 aliphatic heterocycles. The molecule has 1 unspecified atom stereocenters. The van der Waals surface area contributed by atoms with E-state index in [1.54, 1.807) is 7.11 Å². The molecule has 0 heterocycles. The fraction of sp³-hybridized carbons (Fsp3) is 0.387. The van der Waals surface area contributed by atoms with Crippen LogP contribution in [0.4, 0.5) is 0 Å². The van der Waals surface area contributed by atoms with E-state index in [1.165, 1.54) is 50.1 Å². The van der Waals surface area contributed by atoms with Crippen molar-refractivity contribution in [1.82, 2.24) is 0 Å². The molecule has 3 nitrogen and oxygen atoms in total. The van der Waals surface area contributed by atoms with Crippen molar-refractivity contribution >= 4 is 5.97 Å². The fourth-order valence-corrected chi connectivity index (χ4v) is 6.29. The highest BCUT2D eigenvalue weighted by Gasteiger charge is 2.53. The highest BCUT2D eigenvalue weighted by atomic mass is 16.5. The van der Waals surface area contributed by atoms with Crippen LogP contribution in [-0.2, 0) is 24.1 Å². The maximum Gasteiger partial charge on any atom is 0.119 e. The Kier molecular flexibility index (Phi) is 5.75. The van der Waals surface area contributed by atoms with Gasteiger partial charge in [0, 0.05) is 5.97 Å². The van der Waals surface area contributed by atoms with Gasteiger partial charge in [-0.25, -0.2) is 0 Å². The summed E-state index contributed by atoms with van der Waals surface area (Å²) in [5, 5.41) is 11.3. The molecule has 0 radical (unpaired) electrons. The molecular weight excluding hydrogens is 420 g/mol. The molecule has 1 saturated carbocycles. The maximum absolute atomic E-state index is 11.3. The van der Waals surface area contributed by atoms with Gasteiger partial charge in [-0.05, 0) is 133 Å². The van der Waals surface area contributed by atoms with E-state index in [4.69, 9.17) is 4.74 Å². The molecule has 1 fully saturated rings. The van der Waals surface area contributed by atoms with Crippen molar-refractivity contribution in [1.29, 1.82) is 0 Å². The van der Waals surface area contributed by atoms with Gasteiger partial charge in [0.15, 0.2) is 0 Å². The van der Waals surface area contributed by atoms with E-state index in [9.17, 15) is 9.90 Å². The molecule has 3 aromatic carbocycles. The number of hydrogen-bond donors (Lipinski definition) is 0. The predicted molar refractivity (Wildman–Crippen MR) is 134 cm³/mol. The molecule has 176 valence electrons. The van der Waals surface area contributed by atoms with Crippen LogP contribution in [0.5, 0.6) is 5.75 Å². The quantitative estimate of drug-likeness (QED) is 0.466.